The molecule has 3 amide bonds. The van der Waals surface area contributed by atoms with E-state index in [0.29, 0.717) is 18.8 Å². The molecule has 3 fully saturated rings. The van der Waals surface area contributed by atoms with Gasteiger partial charge in [0.1, 0.15) is 0 Å². The third-order valence-electron chi connectivity index (χ3n) is 6.61. The average molecular weight is 572 g/mol. The highest BCUT2D eigenvalue weighted by atomic mass is 16.5. The first-order valence-corrected chi connectivity index (χ1v) is 15.0. The Kier molecular flexibility index (Phi) is 27.0. The molecule has 3 aliphatic heterocycles. The fourth-order valence-electron chi connectivity index (χ4n) is 4.35. The van der Waals surface area contributed by atoms with Crippen molar-refractivity contribution in [2.75, 3.05) is 73.6 Å². The maximum Gasteiger partial charge on any atom is 0.292 e. The smallest absolute Gasteiger partial charge is 0.292 e. The summed E-state index contributed by atoms with van der Waals surface area (Å²) in [5.41, 5.74) is 0. The van der Waals surface area contributed by atoms with Gasteiger partial charge in [-0.2, -0.15) is 0 Å². The standard InChI is InChI=1S/C13H25N3O2.C6H13N.C5H9NO.C4H10.C2H4O2/c1-11(2)12(9-16-6-4-5-7-16)15(3)13(18)8-14-10-17;1-7-5-3-2-4-6-7;7-5-6-3-1-2-4-6;1-4(2)3;1-4-2-3/h10-12H,4-9H2,1-3H3,(H,14,17);2-6H2,1H3;5H,1-4H2;4H,1-3H3;2H,1H3/t12-;;;;/m1..../s1. The molecule has 0 aliphatic carbocycles. The Bertz CT molecular complexity index is 615. The van der Waals surface area contributed by atoms with Crippen LogP contribution >= 0.6 is 0 Å². The van der Waals surface area contributed by atoms with Crippen molar-refractivity contribution < 1.29 is 23.9 Å². The number of ether oxygens (including phenoxy) is 1. The number of piperidine rings is 1. The quantitative estimate of drug-likeness (QED) is 0.424. The van der Waals surface area contributed by atoms with Crippen molar-refractivity contribution in [3.05, 3.63) is 0 Å². The van der Waals surface area contributed by atoms with Gasteiger partial charge in [-0.15, -0.1) is 0 Å². The molecular formula is C30H61N5O5. The van der Waals surface area contributed by atoms with Crippen LogP contribution in [0.5, 0.6) is 0 Å². The molecule has 0 bridgehead atoms. The maximum absolute atomic E-state index is 11.9. The van der Waals surface area contributed by atoms with Crippen molar-refractivity contribution in [2.45, 2.75) is 85.6 Å². The highest BCUT2D eigenvalue weighted by Crippen LogP contribution is 2.15. The predicted molar refractivity (Wildman–Crippen MR) is 163 cm³/mol. The molecule has 3 saturated heterocycles. The first-order valence-electron chi connectivity index (χ1n) is 15.0. The molecule has 1 atom stereocenters. The van der Waals surface area contributed by atoms with Gasteiger partial charge >= 0.3 is 0 Å². The van der Waals surface area contributed by atoms with Crippen LogP contribution in [0.1, 0.15) is 79.6 Å². The largest absolute Gasteiger partial charge is 0.471 e. The number of likely N-dealkylation sites (N-methyl/N-ethyl adjacent to an activating group) is 1. The fourth-order valence-corrected chi connectivity index (χ4v) is 4.35. The molecule has 0 radical (unpaired) electrons. The third-order valence-corrected chi connectivity index (χ3v) is 6.61. The Morgan fingerprint density at radius 3 is 1.62 bits per heavy atom. The lowest BCUT2D eigenvalue weighted by Crippen LogP contribution is -2.49. The average Bonchev–Trinajstić information content (AvgIpc) is 3.65. The second-order valence-electron chi connectivity index (χ2n) is 11.6. The first kappa shape index (κ1) is 39.9. The molecule has 3 aliphatic rings. The monoisotopic (exact) mass is 571 g/mol. The molecule has 10 heteroatoms. The van der Waals surface area contributed by atoms with Crippen molar-refractivity contribution in [3.63, 3.8) is 0 Å². The van der Waals surface area contributed by atoms with Crippen LogP contribution in [0.2, 0.25) is 0 Å². The third kappa shape index (κ3) is 23.7. The van der Waals surface area contributed by atoms with Gasteiger partial charge in [0, 0.05) is 32.7 Å². The summed E-state index contributed by atoms with van der Waals surface area (Å²) < 4.78 is 3.86. The van der Waals surface area contributed by atoms with E-state index in [9.17, 15) is 14.4 Å². The predicted octanol–water partition coefficient (Wildman–Crippen LogP) is 3.10. The summed E-state index contributed by atoms with van der Waals surface area (Å²) in [5.74, 6) is 1.22. The first-order chi connectivity index (χ1) is 19.0. The minimum Gasteiger partial charge on any atom is -0.471 e. The summed E-state index contributed by atoms with van der Waals surface area (Å²) in [7, 11) is 5.34. The van der Waals surface area contributed by atoms with E-state index < -0.39 is 0 Å². The Balaban J connectivity index is 0. The number of nitrogens with zero attached hydrogens (tertiary/aromatic N) is 4. The fraction of sp³-hybridized carbons (Fsp3) is 0.867. The molecule has 0 saturated carbocycles. The number of carbonyl (C=O) groups excluding carboxylic acids is 4. The topological polar surface area (TPSA) is 102 Å². The van der Waals surface area contributed by atoms with Crippen molar-refractivity contribution in [1.29, 1.82) is 0 Å². The van der Waals surface area contributed by atoms with Crippen LogP contribution in [0.3, 0.4) is 0 Å². The molecule has 236 valence electrons. The minimum absolute atomic E-state index is 0.0278. The molecule has 1 N–H and O–H groups in total. The van der Waals surface area contributed by atoms with Crippen LogP contribution in [0.4, 0.5) is 0 Å². The lowest BCUT2D eigenvalue weighted by Gasteiger charge is -2.34. The molecule has 0 aromatic rings. The van der Waals surface area contributed by atoms with E-state index in [2.05, 4.69) is 61.5 Å². The molecular weight excluding hydrogens is 510 g/mol. The van der Waals surface area contributed by atoms with Crippen LogP contribution in [0.15, 0.2) is 0 Å². The second kappa shape index (κ2) is 27.0. The van der Waals surface area contributed by atoms with Crippen LogP contribution < -0.4 is 5.32 Å². The Labute approximate surface area is 245 Å². The van der Waals surface area contributed by atoms with Crippen LogP contribution in [0.25, 0.3) is 0 Å². The number of hydrogen-bond acceptors (Lipinski definition) is 7. The van der Waals surface area contributed by atoms with Crippen LogP contribution in [-0.4, -0.2) is 124 Å². The van der Waals surface area contributed by atoms with Crippen molar-refractivity contribution >= 4 is 25.2 Å². The van der Waals surface area contributed by atoms with Crippen LogP contribution in [-0.2, 0) is 23.9 Å². The molecule has 10 nitrogen and oxygen atoms in total. The number of methoxy groups -OCH3 is 1. The van der Waals surface area contributed by atoms with Crippen molar-refractivity contribution in [2.24, 2.45) is 11.8 Å². The molecule has 0 aromatic heterocycles. The zero-order chi connectivity index (χ0) is 30.8. The van der Waals surface area contributed by atoms with E-state index in [1.54, 1.807) is 9.80 Å². The zero-order valence-corrected chi connectivity index (χ0v) is 26.9. The molecule has 40 heavy (non-hydrogen) atoms. The summed E-state index contributed by atoms with van der Waals surface area (Å²) in [6.07, 6.45) is 10.7. The van der Waals surface area contributed by atoms with E-state index in [-0.39, 0.29) is 18.5 Å². The van der Waals surface area contributed by atoms with Gasteiger partial charge in [0.05, 0.1) is 13.7 Å². The molecule has 0 aromatic carbocycles. The summed E-state index contributed by atoms with van der Waals surface area (Å²) in [6, 6.07) is 0.212. The van der Waals surface area contributed by atoms with Gasteiger partial charge in [-0.1, -0.05) is 41.0 Å². The molecule has 0 unspecified atom stereocenters. The van der Waals surface area contributed by atoms with Gasteiger partial charge in [-0.05, 0) is 83.6 Å². The van der Waals surface area contributed by atoms with Gasteiger partial charge in [-0.3, -0.25) is 19.2 Å². The van der Waals surface area contributed by atoms with E-state index in [1.165, 1.54) is 65.1 Å². The molecule has 3 rings (SSSR count). The van der Waals surface area contributed by atoms with E-state index in [1.807, 2.05) is 7.05 Å². The summed E-state index contributed by atoms with van der Waals surface area (Å²) in [4.78, 5) is 49.4. The zero-order valence-electron chi connectivity index (χ0n) is 26.9. The molecule has 0 spiro atoms. The van der Waals surface area contributed by atoms with Crippen LogP contribution in [0, 0.1) is 11.8 Å². The maximum atomic E-state index is 11.9. The van der Waals surface area contributed by atoms with Gasteiger partial charge in [0.25, 0.3) is 6.47 Å². The Morgan fingerprint density at radius 2 is 1.30 bits per heavy atom. The number of rotatable bonds is 9. The lowest BCUT2D eigenvalue weighted by molar-refractivity contribution is -0.133. The van der Waals surface area contributed by atoms with Gasteiger partial charge in [0.15, 0.2) is 0 Å². The van der Waals surface area contributed by atoms with E-state index in [0.717, 1.165) is 45.1 Å². The number of amides is 3. The number of carbonyl (C=O) groups is 4. The number of nitrogens with one attached hydrogen (secondary N) is 1. The SMILES string of the molecule is CC(C)C.CC(C)[C@@H](CN1CCCC1)N(C)C(=O)CNC=O.CN1CCCCC1.COC=O.O=CN1CCCC1. The Morgan fingerprint density at radius 1 is 0.850 bits per heavy atom. The lowest BCUT2D eigenvalue weighted by atomic mass is 10.0. The van der Waals surface area contributed by atoms with Crippen molar-refractivity contribution in [1.82, 2.24) is 24.9 Å². The van der Waals surface area contributed by atoms with Gasteiger partial charge < -0.3 is 29.7 Å². The number of likely N-dealkylation sites (tertiary alicyclic amines) is 3. The summed E-state index contributed by atoms with van der Waals surface area (Å²) >= 11 is 0. The van der Waals surface area contributed by atoms with Gasteiger partial charge in [-0.25, -0.2) is 0 Å². The van der Waals surface area contributed by atoms with Gasteiger partial charge in [0.2, 0.25) is 18.7 Å². The summed E-state index contributed by atoms with van der Waals surface area (Å²) in [5, 5.41) is 2.43. The van der Waals surface area contributed by atoms with E-state index in [4.69, 9.17) is 4.79 Å². The minimum atomic E-state index is -0.0278. The second-order valence-corrected chi connectivity index (χ2v) is 11.6. The highest BCUT2D eigenvalue weighted by Gasteiger charge is 2.26. The van der Waals surface area contributed by atoms with Crippen molar-refractivity contribution in [3.8, 4) is 0 Å². The molecule has 3 heterocycles. The Hall–Kier alpha value is -2.20. The highest BCUT2D eigenvalue weighted by molar-refractivity contribution is 5.80. The number of hydrogen-bond donors (Lipinski definition) is 1. The normalized spacial score (nSPS) is 17.4. The van der Waals surface area contributed by atoms with E-state index >= 15 is 0 Å². The summed E-state index contributed by atoms with van der Waals surface area (Å²) in [6.45, 7) is 19.0.